The van der Waals surface area contributed by atoms with Crippen LogP contribution in [0.3, 0.4) is 0 Å². The van der Waals surface area contributed by atoms with Crippen molar-refractivity contribution in [1.82, 2.24) is 0 Å². The summed E-state index contributed by atoms with van der Waals surface area (Å²) in [7, 11) is 0. The van der Waals surface area contributed by atoms with Gasteiger partial charge in [-0.05, 0) is 37.5 Å². The van der Waals surface area contributed by atoms with Gasteiger partial charge in [-0.15, -0.1) is 0 Å². The van der Waals surface area contributed by atoms with Gasteiger partial charge in [0.1, 0.15) is 5.75 Å². The molecule has 0 spiro atoms. The minimum atomic E-state index is -0.769. The van der Waals surface area contributed by atoms with Gasteiger partial charge in [-0.3, -0.25) is 4.79 Å². The molecule has 1 rings (SSSR count). The Labute approximate surface area is 96.1 Å². The summed E-state index contributed by atoms with van der Waals surface area (Å²) in [6, 6.07) is 7.61. The van der Waals surface area contributed by atoms with Crippen LogP contribution in [0.25, 0.3) is 0 Å². The van der Waals surface area contributed by atoms with Crippen LogP contribution in [0, 0.1) is 0 Å². The second-order valence-electron chi connectivity index (χ2n) is 4.23. The van der Waals surface area contributed by atoms with Gasteiger partial charge in [0.2, 0.25) is 0 Å². The molecule has 1 aromatic rings. The van der Waals surface area contributed by atoms with Gasteiger partial charge in [0.25, 0.3) is 0 Å². The third kappa shape index (κ3) is 3.93. The van der Waals surface area contributed by atoms with Gasteiger partial charge < -0.3 is 9.84 Å². The van der Waals surface area contributed by atoms with E-state index in [0.717, 1.165) is 11.3 Å². The number of carboxylic acids is 1. The van der Waals surface area contributed by atoms with E-state index in [-0.39, 0.29) is 18.4 Å². The lowest BCUT2D eigenvalue weighted by Gasteiger charge is -2.12. The van der Waals surface area contributed by atoms with Gasteiger partial charge in [0.15, 0.2) is 0 Å². The van der Waals surface area contributed by atoms with Crippen molar-refractivity contribution in [2.24, 2.45) is 0 Å². The summed E-state index contributed by atoms with van der Waals surface area (Å²) in [6.07, 6.45) is 0.312. The van der Waals surface area contributed by atoms with Crippen LogP contribution in [0.2, 0.25) is 0 Å². The predicted molar refractivity (Wildman–Crippen MR) is 62.9 cm³/mol. The van der Waals surface area contributed by atoms with E-state index in [1.807, 2.05) is 45.0 Å². The van der Waals surface area contributed by atoms with Crippen LogP contribution in [0.4, 0.5) is 0 Å². The van der Waals surface area contributed by atoms with Crippen molar-refractivity contribution in [3.05, 3.63) is 29.8 Å². The molecule has 16 heavy (non-hydrogen) atoms. The monoisotopic (exact) mass is 222 g/mol. The first-order valence-electron chi connectivity index (χ1n) is 5.47. The summed E-state index contributed by atoms with van der Waals surface area (Å²) in [5.74, 6) is 0.0851. The van der Waals surface area contributed by atoms with Crippen LogP contribution in [-0.2, 0) is 4.79 Å². The molecule has 0 heterocycles. The second-order valence-corrected chi connectivity index (χ2v) is 4.23. The van der Waals surface area contributed by atoms with Crippen molar-refractivity contribution in [3.8, 4) is 5.75 Å². The molecule has 0 fully saturated rings. The van der Waals surface area contributed by atoms with E-state index in [1.165, 1.54) is 0 Å². The van der Waals surface area contributed by atoms with Crippen LogP contribution in [0.1, 0.15) is 38.7 Å². The lowest BCUT2D eigenvalue weighted by atomic mass is 9.98. The van der Waals surface area contributed by atoms with Gasteiger partial charge in [0, 0.05) is 0 Å². The fraction of sp³-hybridized carbons (Fsp3) is 0.462. The minimum absolute atomic E-state index is 0.0330. The van der Waals surface area contributed by atoms with Crippen LogP contribution >= 0.6 is 0 Å². The van der Waals surface area contributed by atoms with Crippen molar-refractivity contribution in [3.63, 3.8) is 0 Å². The summed E-state index contributed by atoms with van der Waals surface area (Å²) in [6.45, 7) is 5.86. The number of ether oxygens (including phenoxy) is 1. The average Bonchev–Trinajstić information content (AvgIpc) is 2.16. The topological polar surface area (TPSA) is 46.5 Å². The third-order valence-corrected chi connectivity index (χ3v) is 2.30. The van der Waals surface area contributed by atoms with E-state index in [9.17, 15) is 4.79 Å². The number of hydrogen-bond donors (Lipinski definition) is 1. The molecule has 1 atom stereocenters. The highest BCUT2D eigenvalue weighted by molar-refractivity contribution is 5.67. The zero-order chi connectivity index (χ0) is 12.1. The zero-order valence-corrected chi connectivity index (χ0v) is 9.93. The van der Waals surface area contributed by atoms with Crippen LogP contribution in [-0.4, -0.2) is 17.2 Å². The van der Waals surface area contributed by atoms with E-state index in [4.69, 9.17) is 9.84 Å². The zero-order valence-electron chi connectivity index (χ0n) is 9.93. The minimum Gasteiger partial charge on any atom is -0.491 e. The maximum absolute atomic E-state index is 10.6. The molecule has 0 aromatic heterocycles. The van der Waals surface area contributed by atoms with Crippen molar-refractivity contribution >= 4 is 5.97 Å². The Morgan fingerprint density at radius 3 is 2.25 bits per heavy atom. The number of carbonyl (C=O) groups is 1. The summed E-state index contributed by atoms with van der Waals surface area (Å²) in [5, 5.41) is 8.69. The van der Waals surface area contributed by atoms with E-state index < -0.39 is 5.97 Å². The molecule has 88 valence electrons. The Kier molecular flexibility index (Phi) is 4.35. The number of aliphatic carboxylic acids is 1. The smallest absolute Gasteiger partial charge is 0.303 e. The number of hydrogen-bond acceptors (Lipinski definition) is 2. The van der Waals surface area contributed by atoms with Gasteiger partial charge in [0.05, 0.1) is 12.5 Å². The largest absolute Gasteiger partial charge is 0.491 e. The highest BCUT2D eigenvalue weighted by Gasteiger charge is 2.10. The first kappa shape index (κ1) is 12.6. The third-order valence-electron chi connectivity index (χ3n) is 2.30. The molecule has 0 saturated heterocycles. The van der Waals surface area contributed by atoms with Crippen molar-refractivity contribution < 1.29 is 14.6 Å². The molecular weight excluding hydrogens is 204 g/mol. The molecule has 0 saturated carbocycles. The fourth-order valence-electron chi connectivity index (χ4n) is 1.53. The fourth-order valence-corrected chi connectivity index (χ4v) is 1.53. The SMILES string of the molecule is CC(C)Oc1ccc([C@@H](C)CC(=O)O)cc1. The molecule has 0 unspecified atom stereocenters. The second kappa shape index (κ2) is 5.54. The lowest BCUT2D eigenvalue weighted by Crippen LogP contribution is -2.06. The van der Waals surface area contributed by atoms with Crippen LogP contribution in [0.5, 0.6) is 5.75 Å². The molecule has 0 bridgehead atoms. The Hall–Kier alpha value is -1.51. The summed E-state index contributed by atoms with van der Waals surface area (Å²) >= 11 is 0. The Morgan fingerprint density at radius 2 is 1.81 bits per heavy atom. The molecule has 0 aliphatic rings. The first-order valence-corrected chi connectivity index (χ1v) is 5.47. The molecule has 0 amide bonds. The molecule has 0 radical (unpaired) electrons. The summed E-state index contributed by atoms with van der Waals surface area (Å²) in [5.41, 5.74) is 1.03. The van der Waals surface area contributed by atoms with Gasteiger partial charge in [-0.1, -0.05) is 19.1 Å². The number of carboxylic acid groups (broad SMARTS) is 1. The Bertz CT molecular complexity index is 341. The molecule has 1 N–H and O–H groups in total. The summed E-state index contributed by atoms with van der Waals surface area (Å²) < 4.78 is 5.51. The van der Waals surface area contributed by atoms with Crippen LogP contribution in [0.15, 0.2) is 24.3 Å². The van der Waals surface area contributed by atoms with Crippen molar-refractivity contribution in [2.45, 2.75) is 39.2 Å². The predicted octanol–water partition coefficient (Wildman–Crippen LogP) is 3.05. The normalized spacial score (nSPS) is 12.5. The molecule has 0 aliphatic carbocycles. The average molecular weight is 222 g/mol. The standard InChI is InChI=1S/C13H18O3/c1-9(2)16-12-6-4-11(5-7-12)10(3)8-13(14)15/h4-7,9-10H,8H2,1-3H3,(H,14,15)/t10-/m0/s1. The van der Waals surface area contributed by atoms with E-state index in [0.29, 0.717) is 0 Å². The van der Waals surface area contributed by atoms with Crippen molar-refractivity contribution in [1.29, 1.82) is 0 Å². The summed E-state index contributed by atoms with van der Waals surface area (Å²) in [4.78, 5) is 10.6. The van der Waals surface area contributed by atoms with Crippen molar-refractivity contribution in [2.75, 3.05) is 0 Å². The highest BCUT2D eigenvalue weighted by Crippen LogP contribution is 2.22. The van der Waals surface area contributed by atoms with E-state index in [1.54, 1.807) is 0 Å². The number of benzene rings is 1. The maximum atomic E-state index is 10.6. The van der Waals surface area contributed by atoms with Crippen LogP contribution < -0.4 is 4.74 Å². The molecule has 1 aromatic carbocycles. The first-order chi connectivity index (χ1) is 7.49. The van der Waals surface area contributed by atoms with Gasteiger partial charge >= 0.3 is 5.97 Å². The quantitative estimate of drug-likeness (QED) is 0.832. The molecular formula is C13H18O3. The Balaban J connectivity index is 2.66. The maximum Gasteiger partial charge on any atom is 0.303 e. The van der Waals surface area contributed by atoms with Gasteiger partial charge in [-0.25, -0.2) is 0 Å². The Morgan fingerprint density at radius 1 is 1.25 bits per heavy atom. The lowest BCUT2D eigenvalue weighted by molar-refractivity contribution is -0.137. The molecule has 0 aliphatic heterocycles. The number of rotatable bonds is 5. The van der Waals surface area contributed by atoms with E-state index >= 15 is 0 Å². The highest BCUT2D eigenvalue weighted by atomic mass is 16.5. The van der Waals surface area contributed by atoms with Gasteiger partial charge in [-0.2, -0.15) is 0 Å². The molecule has 3 nitrogen and oxygen atoms in total. The van der Waals surface area contributed by atoms with E-state index in [2.05, 4.69) is 0 Å². The molecule has 3 heteroatoms.